The Kier molecular flexibility index (Phi) is 4.92. The van der Waals surface area contributed by atoms with E-state index in [9.17, 15) is 9.59 Å². The van der Waals surface area contributed by atoms with Gasteiger partial charge in [0.2, 0.25) is 5.91 Å². The van der Waals surface area contributed by atoms with Crippen LogP contribution in [0.5, 0.6) is 0 Å². The number of urea groups is 1. The van der Waals surface area contributed by atoms with E-state index in [1.165, 1.54) is 0 Å². The number of rotatable bonds is 6. The van der Waals surface area contributed by atoms with E-state index in [4.69, 9.17) is 0 Å². The Morgan fingerprint density at radius 3 is 2.79 bits per heavy atom. The van der Waals surface area contributed by atoms with E-state index in [-0.39, 0.29) is 17.9 Å². The van der Waals surface area contributed by atoms with Gasteiger partial charge in [-0.25, -0.2) is 4.79 Å². The SMILES string of the molecule is CCN(C)c1ccccc1NC(=O)NC[C@H]1CC(=O)N(C2CC2)C1. The molecule has 3 rings (SSSR count). The van der Waals surface area contributed by atoms with E-state index in [0.717, 1.165) is 37.3 Å². The first kappa shape index (κ1) is 16.6. The van der Waals surface area contributed by atoms with Crippen LogP contribution >= 0.6 is 0 Å². The molecule has 1 heterocycles. The normalized spacial score (nSPS) is 20.2. The quantitative estimate of drug-likeness (QED) is 0.841. The molecule has 6 nitrogen and oxygen atoms in total. The lowest BCUT2D eigenvalue weighted by Gasteiger charge is -2.21. The van der Waals surface area contributed by atoms with Crippen molar-refractivity contribution >= 4 is 23.3 Å². The molecule has 0 radical (unpaired) electrons. The average Bonchev–Trinajstić information content (AvgIpc) is 3.35. The lowest BCUT2D eigenvalue weighted by Crippen LogP contribution is -2.35. The van der Waals surface area contributed by atoms with Crippen molar-refractivity contribution in [2.75, 3.05) is 36.9 Å². The number of nitrogens with one attached hydrogen (secondary N) is 2. The molecule has 0 bridgehead atoms. The van der Waals surface area contributed by atoms with Crippen molar-refractivity contribution < 1.29 is 9.59 Å². The number of carbonyl (C=O) groups excluding carboxylic acids is 2. The number of carbonyl (C=O) groups is 2. The molecule has 1 atom stereocenters. The Morgan fingerprint density at radius 2 is 2.08 bits per heavy atom. The van der Waals surface area contributed by atoms with Gasteiger partial charge in [-0.1, -0.05) is 12.1 Å². The van der Waals surface area contributed by atoms with Gasteiger partial charge in [0.15, 0.2) is 0 Å². The summed E-state index contributed by atoms with van der Waals surface area (Å²) in [5.41, 5.74) is 1.78. The molecule has 24 heavy (non-hydrogen) atoms. The van der Waals surface area contributed by atoms with E-state index < -0.39 is 0 Å². The molecule has 130 valence electrons. The fourth-order valence-electron chi connectivity index (χ4n) is 3.17. The summed E-state index contributed by atoms with van der Waals surface area (Å²) >= 11 is 0. The first-order chi connectivity index (χ1) is 11.6. The van der Waals surface area contributed by atoms with Crippen molar-refractivity contribution in [1.82, 2.24) is 10.2 Å². The van der Waals surface area contributed by atoms with Gasteiger partial charge in [-0.3, -0.25) is 4.79 Å². The fourth-order valence-corrected chi connectivity index (χ4v) is 3.17. The molecule has 1 aromatic rings. The second-order valence-electron chi connectivity index (χ2n) is 6.71. The molecule has 0 spiro atoms. The number of likely N-dealkylation sites (tertiary alicyclic amines) is 1. The summed E-state index contributed by atoms with van der Waals surface area (Å²) < 4.78 is 0. The predicted octanol–water partition coefficient (Wildman–Crippen LogP) is 2.28. The van der Waals surface area contributed by atoms with Gasteiger partial charge in [-0.2, -0.15) is 0 Å². The molecular weight excluding hydrogens is 304 g/mol. The van der Waals surface area contributed by atoms with E-state index in [2.05, 4.69) is 22.5 Å². The summed E-state index contributed by atoms with van der Waals surface area (Å²) in [6.07, 6.45) is 2.81. The van der Waals surface area contributed by atoms with Crippen LogP contribution in [0.4, 0.5) is 16.2 Å². The molecule has 2 N–H and O–H groups in total. The highest BCUT2D eigenvalue weighted by Gasteiger charge is 2.39. The molecule has 0 unspecified atom stereocenters. The monoisotopic (exact) mass is 330 g/mol. The average molecular weight is 330 g/mol. The molecule has 0 aromatic heterocycles. The summed E-state index contributed by atoms with van der Waals surface area (Å²) in [4.78, 5) is 28.2. The van der Waals surface area contributed by atoms with Crippen molar-refractivity contribution in [3.63, 3.8) is 0 Å². The maximum absolute atomic E-state index is 12.2. The number of nitrogens with zero attached hydrogens (tertiary/aromatic N) is 2. The molecule has 1 aromatic carbocycles. The van der Waals surface area contributed by atoms with Gasteiger partial charge in [0.05, 0.1) is 11.4 Å². The number of hydrogen-bond donors (Lipinski definition) is 2. The smallest absolute Gasteiger partial charge is 0.319 e. The standard InChI is InChI=1S/C18H26N4O2/c1-3-21(2)16-7-5-4-6-15(16)20-18(24)19-11-13-10-17(23)22(12-13)14-8-9-14/h4-7,13-14H,3,8-12H2,1-2H3,(H2,19,20,24)/t13-/m1/s1. The van der Waals surface area contributed by atoms with Crippen molar-refractivity contribution in [3.8, 4) is 0 Å². The minimum Gasteiger partial charge on any atom is -0.373 e. The third-order valence-corrected chi connectivity index (χ3v) is 4.82. The Bertz CT molecular complexity index is 615. The zero-order valence-electron chi connectivity index (χ0n) is 14.4. The fraction of sp³-hybridized carbons (Fsp3) is 0.556. The molecule has 1 saturated carbocycles. The minimum absolute atomic E-state index is 0.218. The molecule has 1 aliphatic carbocycles. The van der Waals surface area contributed by atoms with Gasteiger partial charge in [-0.15, -0.1) is 0 Å². The number of anilines is 2. The van der Waals surface area contributed by atoms with Gasteiger partial charge in [0, 0.05) is 45.1 Å². The van der Waals surface area contributed by atoms with Crippen molar-refractivity contribution in [2.45, 2.75) is 32.2 Å². The zero-order valence-corrected chi connectivity index (χ0v) is 14.4. The van der Waals surface area contributed by atoms with Gasteiger partial charge in [0.25, 0.3) is 0 Å². The third kappa shape index (κ3) is 3.80. The maximum Gasteiger partial charge on any atom is 0.319 e. The topological polar surface area (TPSA) is 64.7 Å². The molecule has 3 amide bonds. The Balaban J connectivity index is 1.50. The second kappa shape index (κ2) is 7.11. The molecule has 2 fully saturated rings. The predicted molar refractivity (Wildman–Crippen MR) is 95.2 cm³/mol. The van der Waals surface area contributed by atoms with E-state index in [0.29, 0.717) is 19.0 Å². The minimum atomic E-state index is -0.218. The second-order valence-corrected chi connectivity index (χ2v) is 6.71. The summed E-state index contributed by atoms with van der Waals surface area (Å²) in [6, 6.07) is 8.00. The zero-order chi connectivity index (χ0) is 17.1. The molecule has 6 heteroatoms. The molecule has 1 aliphatic heterocycles. The largest absolute Gasteiger partial charge is 0.373 e. The van der Waals surface area contributed by atoms with Crippen LogP contribution in [0.25, 0.3) is 0 Å². The van der Waals surface area contributed by atoms with Gasteiger partial charge < -0.3 is 20.4 Å². The van der Waals surface area contributed by atoms with E-state index >= 15 is 0 Å². The van der Waals surface area contributed by atoms with Crippen LogP contribution in [0.15, 0.2) is 24.3 Å². The number of benzene rings is 1. The maximum atomic E-state index is 12.2. The van der Waals surface area contributed by atoms with Crippen molar-refractivity contribution in [2.24, 2.45) is 5.92 Å². The van der Waals surface area contributed by atoms with Crippen LogP contribution in [0.3, 0.4) is 0 Å². The summed E-state index contributed by atoms with van der Waals surface area (Å²) in [7, 11) is 2.00. The Morgan fingerprint density at radius 1 is 1.33 bits per heavy atom. The first-order valence-electron chi connectivity index (χ1n) is 8.73. The highest BCUT2D eigenvalue weighted by molar-refractivity contribution is 5.93. The lowest BCUT2D eigenvalue weighted by atomic mass is 10.1. The lowest BCUT2D eigenvalue weighted by molar-refractivity contribution is -0.128. The Labute approximate surface area is 143 Å². The number of amides is 3. The van der Waals surface area contributed by atoms with Crippen LogP contribution in [0.2, 0.25) is 0 Å². The third-order valence-electron chi connectivity index (χ3n) is 4.82. The molecule has 1 saturated heterocycles. The van der Waals surface area contributed by atoms with E-state index in [1.54, 1.807) is 0 Å². The first-order valence-corrected chi connectivity index (χ1v) is 8.73. The van der Waals surface area contributed by atoms with Crippen molar-refractivity contribution in [1.29, 1.82) is 0 Å². The Hall–Kier alpha value is -2.24. The highest BCUT2D eigenvalue weighted by Crippen LogP contribution is 2.32. The van der Waals surface area contributed by atoms with Crippen molar-refractivity contribution in [3.05, 3.63) is 24.3 Å². The van der Waals surface area contributed by atoms with Gasteiger partial charge in [-0.05, 0) is 31.9 Å². The molecular formula is C18H26N4O2. The van der Waals surface area contributed by atoms with Crippen LogP contribution in [-0.4, -0.2) is 49.6 Å². The highest BCUT2D eigenvalue weighted by atomic mass is 16.2. The summed E-state index contributed by atoms with van der Waals surface area (Å²) in [6.45, 7) is 4.24. The number of hydrogen-bond acceptors (Lipinski definition) is 3. The van der Waals surface area contributed by atoms with Gasteiger partial charge >= 0.3 is 6.03 Å². The summed E-state index contributed by atoms with van der Waals surface area (Å²) in [5.74, 6) is 0.456. The summed E-state index contributed by atoms with van der Waals surface area (Å²) in [5, 5.41) is 5.83. The van der Waals surface area contributed by atoms with Crippen LogP contribution < -0.4 is 15.5 Å². The van der Waals surface area contributed by atoms with Crippen LogP contribution in [0.1, 0.15) is 26.2 Å². The molecule has 2 aliphatic rings. The van der Waals surface area contributed by atoms with E-state index in [1.807, 2.05) is 36.2 Å². The van der Waals surface area contributed by atoms with Crippen LogP contribution in [-0.2, 0) is 4.79 Å². The van der Waals surface area contributed by atoms with Gasteiger partial charge in [0.1, 0.15) is 0 Å². The number of para-hydroxylation sites is 2. The van der Waals surface area contributed by atoms with Crippen LogP contribution in [0, 0.1) is 5.92 Å².